The fraction of sp³-hybridized carbons (Fsp3) is 0.269. The molecule has 1 fully saturated rings. The minimum Gasteiger partial charge on any atom is -0.486 e. The lowest BCUT2D eigenvalue weighted by atomic mass is 9.93. The third-order valence-electron chi connectivity index (χ3n) is 6.26. The Labute approximate surface area is 217 Å². The molecule has 10 nitrogen and oxygen atoms in total. The Morgan fingerprint density at radius 3 is 2.59 bits per heavy atom. The number of rotatable bonds is 8. The van der Waals surface area contributed by atoms with Gasteiger partial charge in [-0.1, -0.05) is 47.1 Å². The second kappa shape index (κ2) is 10.8. The van der Waals surface area contributed by atoms with Gasteiger partial charge >= 0.3 is 0 Å². The lowest BCUT2D eigenvalue weighted by Gasteiger charge is -2.29. The molecule has 5 rings (SSSR count). The molecule has 1 saturated carbocycles. The molecule has 0 atom stereocenters. The molecule has 11 heteroatoms. The molecule has 37 heavy (non-hydrogen) atoms. The average molecular weight is 521 g/mol. The topological polar surface area (TPSA) is 134 Å². The number of carbonyl (C=O) groups is 2. The number of hydrogen-bond acceptors (Lipinski definition) is 7. The molecule has 1 aromatic carbocycles. The van der Waals surface area contributed by atoms with Gasteiger partial charge in [-0.2, -0.15) is 4.52 Å². The summed E-state index contributed by atoms with van der Waals surface area (Å²) in [6.07, 6.45) is 4.22. The highest BCUT2D eigenvalue weighted by atomic mass is 35.5. The van der Waals surface area contributed by atoms with Gasteiger partial charge in [0, 0.05) is 12.2 Å². The van der Waals surface area contributed by atoms with Crippen LogP contribution in [0.4, 0.5) is 0 Å². The molecule has 2 amide bonds. The van der Waals surface area contributed by atoms with E-state index in [1.165, 1.54) is 4.52 Å². The van der Waals surface area contributed by atoms with Gasteiger partial charge in [-0.25, -0.2) is 4.98 Å². The number of benzene rings is 1. The number of hydrogen-bond donors (Lipinski definition) is 2. The summed E-state index contributed by atoms with van der Waals surface area (Å²) in [6, 6.07) is 16.3. The van der Waals surface area contributed by atoms with E-state index in [0.717, 1.165) is 5.56 Å². The number of fused-ring (bicyclic) bond motifs is 1. The minimum atomic E-state index is -0.583. The van der Waals surface area contributed by atoms with Crippen LogP contribution in [0, 0.1) is 0 Å². The Kier molecular flexibility index (Phi) is 7.18. The number of halogens is 1. The smallest absolute Gasteiger partial charge is 0.274 e. The van der Waals surface area contributed by atoms with Crippen LogP contribution in [0.5, 0.6) is 11.6 Å². The molecule has 4 aromatic rings. The summed E-state index contributed by atoms with van der Waals surface area (Å²) < 4.78 is 13.2. The van der Waals surface area contributed by atoms with Crippen molar-refractivity contribution in [3.8, 4) is 11.6 Å². The Bertz CT molecular complexity index is 1420. The van der Waals surface area contributed by atoms with Gasteiger partial charge in [0.05, 0.1) is 0 Å². The third-order valence-corrected chi connectivity index (χ3v) is 6.61. The first-order valence-electron chi connectivity index (χ1n) is 11.9. The minimum absolute atomic E-state index is 0.0487. The van der Waals surface area contributed by atoms with Crippen LogP contribution < -0.4 is 20.5 Å². The van der Waals surface area contributed by atoms with Gasteiger partial charge in [0.2, 0.25) is 5.88 Å². The average Bonchev–Trinajstić information content (AvgIpc) is 3.35. The molecule has 0 saturated heterocycles. The van der Waals surface area contributed by atoms with Crippen molar-refractivity contribution < 1.29 is 19.1 Å². The molecule has 3 aromatic heterocycles. The Balaban J connectivity index is 1.19. The first-order chi connectivity index (χ1) is 18.0. The van der Waals surface area contributed by atoms with Crippen LogP contribution in [0.3, 0.4) is 0 Å². The van der Waals surface area contributed by atoms with Gasteiger partial charge in [-0.3, -0.25) is 9.59 Å². The van der Waals surface area contributed by atoms with Gasteiger partial charge in [0.25, 0.3) is 11.8 Å². The molecule has 3 heterocycles. The van der Waals surface area contributed by atoms with Gasteiger partial charge < -0.3 is 20.5 Å². The maximum Gasteiger partial charge on any atom is 0.274 e. The molecule has 0 aliphatic heterocycles. The van der Waals surface area contributed by atoms with Crippen molar-refractivity contribution in [2.24, 2.45) is 5.73 Å². The van der Waals surface area contributed by atoms with Crippen molar-refractivity contribution in [1.82, 2.24) is 25.1 Å². The molecular weight excluding hydrogens is 496 g/mol. The number of amides is 2. The van der Waals surface area contributed by atoms with Gasteiger partial charge in [-0.15, -0.1) is 5.10 Å². The van der Waals surface area contributed by atoms with E-state index in [-0.39, 0.29) is 40.3 Å². The van der Waals surface area contributed by atoms with Crippen molar-refractivity contribution in [2.45, 2.75) is 44.4 Å². The van der Waals surface area contributed by atoms with Crippen molar-refractivity contribution in [3.05, 3.63) is 82.8 Å². The van der Waals surface area contributed by atoms with Crippen LogP contribution >= 0.6 is 11.6 Å². The van der Waals surface area contributed by atoms with E-state index in [0.29, 0.717) is 43.6 Å². The predicted molar refractivity (Wildman–Crippen MR) is 136 cm³/mol. The number of ether oxygens (including phenoxy) is 2. The zero-order chi connectivity index (χ0) is 25.8. The molecule has 0 unspecified atom stereocenters. The fourth-order valence-electron chi connectivity index (χ4n) is 4.33. The summed E-state index contributed by atoms with van der Waals surface area (Å²) in [6.45, 7) is 0.352. The summed E-state index contributed by atoms with van der Waals surface area (Å²) in [5.74, 6) is -0.225. The highest BCUT2D eigenvalue weighted by Crippen LogP contribution is 2.28. The van der Waals surface area contributed by atoms with Crippen molar-refractivity contribution in [1.29, 1.82) is 0 Å². The van der Waals surface area contributed by atoms with E-state index in [9.17, 15) is 9.59 Å². The molecule has 0 spiro atoms. The van der Waals surface area contributed by atoms with Crippen LogP contribution in [0.2, 0.25) is 5.15 Å². The molecule has 0 bridgehead atoms. The first kappa shape index (κ1) is 24.5. The fourth-order valence-corrected chi connectivity index (χ4v) is 4.57. The van der Waals surface area contributed by atoms with Crippen LogP contribution in [0.1, 0.15) is 52.1 Å². The molecule has 1 aliphatic rings. The molecule has 3 N–H and O–H groups in total. The van der Waals surface area contributed by atoms with Crippen LogP contribution in [0.25, 0.3) is 5.52 Å². The Hall–Kier alpha value is -4.18. The maximum absolute atomic E-state index is 13.0. The number of aromatic nitrogens is 4. The van der Waals surface area contributed by atoms with Crippen molar-refractivity contribution in [3.63, 3.8) is 0 Å². The first-order valence-corrected chi connectivity index (χ1v) is 12.3. The summed E-state index contributed by atoms with van der Waals surface area (Å²) in [7, 11) is 0. The van der Waals surface area contributed by atoms with E-state index in [2.05, 4.69) is 20.6 Å². The Morgan fingerprint density at radius 1 is 1.05 bits per heavy atom. The zero-order valence-electron chi connectivity index (χ0n) is 19.8. The molecular formula is C26H25ClN6O4. The second-order valence-electron chi connectivity index (χ2n) is 8.78. The van der Waals surface area contributed by atoms with E-state index in [1.807, 2.05) is 30.3 Å². The van der Waals surface area contributed by atoms with E-state index in [4.69, 9.17) is 26.8 Å². The standard InChI is InChI=1S/C26H25ClN6O4/c27-23-21(36-15-16-5-2-1-3-6-16)13-12-20-22(31-32-33(20)23)25(35)30-17-8-10-18(11-9-17)37-26-19(24(28)34)7-4-14-29-26/h1-7,12-14,17-18H,8-11,15H2,(H2,28,34)(H,30,35)/t17-,18-. The molecule has 0 radical (unpaired) electrons. The monoisotopic (exact) mass is 520 g/mol. The summed E-state index contributed by atoms with van der Waals surface area (Å²) in [4.78, 5) is 28.7. The van der Waals surface area contributed by atoms with Crippen molar-refractivity contribution in [2.75, 3.05) is 0 Å². The summed E-state index contributed by atoms with van der Waals surface area (Å²) in [5, 5.41) is 11.4. The van der Waals surface area contributed by atoms with Gasteiger partial charge in [0.1, 0.15) is 23.8 Å². The quantitative estimate of drug-likeness (QED) is 0.339. The van der Waals surface area contributed by atoms with Crippen LogP contribution in [-0.4, -0.2) is 43.8 Å². The summed E-state index contributed by atoms with van der Waals surface area (Å²) >= 11 is 6.49. The normalized spacial score (nSPS) is 17.3. The SMILES string of the molecule is NC(=O)c1cccnc1O[C@H]1CC[C@H](NC(=O)c2nnn3c(Cl)c(OCc4ccccc4)ccc23)CC1. The highest BCUT2D eigenvalue weighted by molar-refractivity contribution is 6.31. The van der Waals surface area contributed by atoms with Gasteiger partial charge in [-0.05, 0) is 55.5 Å². The summed E-state index contributed by atoms with van der Waals surface area (Å²) in [5.41, 5.74) is 7.34. The Morgan fingerprint density at radius 2 is 1.84 bits per heavy atom. The second-order valence-corrected chi connectivity index (χ2v) is 9.14. The number of carbonyl (C=O) groups excluding carboxylic acids is 2. The van der Waals surface area contributed by atoms with Crippen LogP contribution in [-0.2, 0) is 6.61 Å². The lowest BCUT2D eigenvalue weighted by Crippen LogP contribution is -2.40. The zero-order valence-corrected chi connectivity index (χ0v) is 20.6. The molecule has 1 aliphatic carbocycles. The lowest BCUT2D eigenvalue weighted by molar-refractivity contribution is 0.0878. The maximum atomic E-state index is 13.0. The van der Waals surface area contributed by atoms with Crippen molar-refractivity contribution >= 4 is 28.9 Å². The number of nitrogens with zero attached hydrogens (tertiary/aromatic N) is 4. The van der Waals surface area contributed by atoms with E-state index in [1.54, 1.807) is 30.5 Å². The molecule has 190 valence electrons. The van der Waals surface area contributed by atoms with Crippen LogP contribution in [0.15, 0.2) is 60.8 Å². The largest absolute Gasteiger partial charge is 0.486 e. The third kappa shape index (κ3) is 5.49. The van der Waals surface area contributed by atoms with E-state index >= 15 is 0 Å². The number of primary amides is 1. The highest BCUT2D eigenvalue weighted by Gasteiger charge is 2.27. The van der Waals surface area contributed by atoms with E-state index < -0.39 is 5.91 Å². The number of nitrogens with one attached hydrogen (secondary N) is 1. The predicted octanol–water partition coefficient (Wildman–Crippen LogP) is 3.58. The number of nitrogens with two attached hydrogens (primary N) is 1. The number of pyridine rings is 2. The van der Waals surface area contributed by atoms with Gasteiger partial charge in [0.15, 0.2) is 16.6 Å².